The fourth-order valence-corrected chi connectivity index (χ4v) is 2.44. The van der Waals surface area contributed by atoms with Crippen LogP contribution in [0.4, 0.5) is 11.4 Å². The number of likely N-dealkylation sites (N-methyl/N-ethyl adjacent to an activating group) is 1. The molecule has 1 aliphatic rings. The molecule has 1 aliphatic heterocycles. The Morgan fingerprint density at radius 1 is 1.35 bits per heavy atom. The van der Waals surface area contributed by atoms with Crippen LogP contribution in [0.2, 0.25) is 0 Å². The largest absolute Gasteiger partial charge is 0.494 e. The summed E-state index contributed by atoms with van der Waals surface area (Å²) in [5.74, 6) is 0.911. The van der Waals surface area contributed by atoms with Gasteiger partial charge < -0.3 is 20.3 Å². The summed E-state index contributed by atoms with van der Waals surface area (Å²) in [6, 6.07) is 5.57. The third kappa shape index (κ3) is 3.56. The van der Waals surface area contributed by atoms with E-state index in [2.05, 4.69) is 0 Å². The van der Waals surface area contributed by atoms with E-state index in [-0.39, 0.29) is 5.91 Å². The number of nitrogens with two attached hydrogens (primary N) is 1. The Morgan fingerprint density at radius 3 is 2.70 bits per heavy atom. The molecule has 2 N–H and O–H groups in total. The van der Waals surface area contributed by atoms with Crippen molar-refractivity contribution in [3.05, 3.63) is 18.2 Å². The van der Waals surface area contributed by atoms with Gasteiger partial charge in [0.15, 0.2) is 0 Å². The first-order valence-corrected chi connectivity index (χ1v) is 7.12. The highest BCUT2D eigenvalue weighted by molar-refractivity contribution is 5.82. The summed E-state index contributed by atoms with van der Waals surface area (Å²) >= 11 is 0. The summed E-state index contributed by atoms with van der Waals surface area (Å²) in [4.78, 5) is 16.0. The zero-order valence-electron chi connectivity index (χ0n) is 12.3. The Kier molecular flexibility index (Phi) is 4.71. The predicted octanol–water partition coefficient (Wildman–Crippen LogP) is 1.73. The van der Waals surface area contributed by atoms with Crippen molar-refractivity contribution < 1.29 is 9.53 Å². The molecule has 0 radical (unpaired) electrons. The lowest BCUT2D eigenvalue weighted by Crippen LogP contribution is -2.37. The Labute approximate surface area is 120 Å². The van der Waals surface area contributed by atoms with Gasteiger partial charge >= 0.3 is 0 Å². The van der Waals surface area contributed by atoms with Crippen LogP contribution in [-0.4, -0.2) is 44.1 Å². The van der Waals surface area contributed by atoms with Gasteiger partial charge in [0, 0.05) is 43.6 Å². The first-order valence-electron chi connectivity index (χ1n) is 7.12. The molecule has 20 heavy (non-hydrogen) atoms. The number of hydrogen-bond acceptors (Lipinski definition) is 4. The Hall–Kier alpha value is -1.91. The molecule has 0 bridgehead atoms. The standard InChI is InChI=1S/C15H23N3O2/c1-3-20-14-9-12(16)8-13(10-14)17(2)11-15(19)18-6-4-5-7-18/h8-10H,3-7,11,16H2,1-2H3. The van der Waals surface area contributed by atoms with Crippen LogP contribution in [0.15, 0.2) is 18.2 Å². The van der Waals surface area contributed by atoms with E-state index < -0.39 is 0 Å². The monoisotopic (exact) mass is 277 g/mol. The van der Waals surface area contributed by atoms with Crippen LogP contribution < -0.4 is 15.4 Å². The summed E-state index contributed by atoms with van der Waals surface area (Å²) in [6.07, 6.45) is 2.23. The summed E-state index contributed by atoms with van der Waals surface area (Å²) < 4.78 is 5.48. The van der Waals surface area contributed by atoms with Crippen molar-refractivity contribution in [1.29, 1.82) is 0 Å². The highest BCUT2D eigenvalue weighted by Gasteiger charge is 2.19. The molecule has 1 saturated heterocycles. The molecule has 1 amide bonds. The van der Waals surface area contributed by atoms with Crippen molar-refractivity contribution in [3.8, 4) is 5.75 Å². The topological polar surface area (TPSA) is 58.8 Å². The van der Waals surface area contributed by atoms with Gasteiger partial charge in [0.05, 0.1) is 13.2 Å². The number of likely N-dealkylation sites (tertiary alicyclic amines) is 1. The fourth-order valence-electron chi connectivity index (χ4n) is 2.44. The molecule has 1 fully saturated rings. The minimum atomic E-state index is 0.172. The minimum absolute atomic E-state index is 0.172. The third-order valence-electron chi connectivity index (χ3n) is 3.50. The van der Waals surface area contributed by atoms with Crippen molar-refractivity contribution >= 4 is 17.3 Å². The molecule has 5 heteroatoms. The van der Waals surface area contributed by atoms with Crippen LogP contribution in [-0.2, 0) is 4.79 Å². The van der Waals surface area contributed by atoms with Gasteiger partial charge in [-0.1, -0.05) is 0 Å². The molecule has 0 saturated carbocycles. The number of anilines is 2. The van der Waals surface area contributed by atoms with Gasteiger partial charge in [0.2, 0.25) is 5.91 Å². The van der Waals surface area contributed by atoms with E-state index in [0.717, 1.165) is 37.4 Å². The number of rotatable bonds is 5. The van der Waals surface area contributed by atoms with Crippen LogP contribution in [0, 0.1) is 0 Å². The van der Waals surface area contributed by atoms with E-state index in [1.165, 1.54) is 0 Å². The summed E-state index contributed by atoms with van der Waals surface area (Å²) in [5.41, 5.74) is 7.43. The SMILES string of the molecule is CCOc1cc(N)cc(N(C)CC(=O)N2CCCC2)c1. The fraction of sp³-hybridized carbons (Fsp3) is 0.533. The smallest absolute Gasteiger partial charge is 0.242 e. The number of amides is 1. The van der Waals surface area contributed by atoms with Crippen molar-refractivity contribution in [2.45, 2.75) is 19.8 Å². The van der Waals surface area contributed by atoms with Gasteiger partial charge in [0.1, 0.15) is 5.75 Å². The van der Waals surface area contributed by atoms with Crippen molar-refractivity contribution in [1.82, 2.24) is 4.90 Å². The maximum absolute atomic E-state index is 12.1. The lowest BCUT2D eigenvalue weighted by atomic mass is 10.2. The molecule has 0 aliphatic carbocycles. The van der Waals surface area contributed by atoms with Crippen LogP contribution in [0.3, 0.4) is 0 Å². The average Bonchev–Trinajstić information content (AvgIpc) is 2.92. The highest BCUT2D eigenvalue weighted by Crippen LogP contribution is 2.25. The molecule has 1 heterocycles. The van der Waals surface area contributed by atoms with Gasteiger partial charge in [-0.3, -0.25) is 4.79 Å². The summed E-state index contributed by atoms with van der Waals surface area (Å²) in [5, 5.41) is 0. The maximum Gasteiger partial charge on any atom is 0.242 e. The molecular weight excluding hydrogens is 254 g/mol. The lowest BCUT2D eigenvalue weighted by Gasteiger charge is -2.23. The second-order valence-corrected chi connectivity index (χ2v) is 5.14. The number of hydrogen-bond donors (Lipinski definition) is 1. The van der Waals surface area contributed by atoms with Gasteiger partial charge in [-0.15, -0.1) is 0 Å². The normalized spacial score (nSPS) is 14.4. The molecular formula is C15H23N3O2. The molecule has 110 valence electrons. The van der Waals surface area contributed by atoms with Crippen molar-refractivity contribution in [2.24, 2.45) is 0 Å². The lowest BCUT2D eigenvalue weighted by molar-refractivity contribution is -0.128. The summed E-state index contributed by atoms with van der Waals surface area (Å²) in [7, 11) is 1.90. The zero-order chi connectivity index (χ0) is 14.5. The van der Waals surface area contributed by atoms with Crippen molar-refractivity contribution in [2.75, 3.05) is 43.9 Å². The molecule has 1 aromatic carbocycles. The van der Waals surface area contributed by atoms with E-state index in [9.17, 15) is 4.79 Å². The van der Waals surface area contributed by atoms with Gasteiger partial charge in [-0.25, -0.2) is 0 Å². The maximum atomic E-state index is 12.1. The number of nitrogens with zero attached hydrogens (tertiary/aromatic N) is 2. The van der Waals surface area contributed by atoms with Crippen LogP contribution in [0.5, 0.6) is 5.75 Å². The first-order chi connectivity index (χ1) is 9.60. The van der Waals surface area contributed by atoms with Crippen LogP contribution in [0.1, 0.15) is 19.8 Å². The Bertz CT molecular complexity index is 470. The van der Waals surface area contributed by atoms with E-state index in [1.54, 1.807) is 6.07 Å². The average molecular weight is 277 g/mol. The number of ether oxygens (including phenoxy) is 1. The van der Waals surface area contributed by atoms with E-state index >= 15 is 0 Å². The molecule has 0 unspecified atom stereocenters. The first kappa shape index (κ1) is 14.5. The molecule has 5 nitrogen and oxygen atoms in total. The van der Waals surface area contributed by atoms with E-state index in [4.69, 9.17) is 10.5 Å². The van der Waals surface area contributed by atoms with E-state index in [0.29, 0.717) is 18.8 Å². The van der Waals surface area contributed by atoms with E-state index in [1.807, 2.05) is 35.9 Å². The summed E-state index contributed by atoms with van der Waals surface area (Å²) in [6.45, 7) is 4.67. The molecule has 0 atom stereocenters. The highest BCUT2D eigenvalue weighted by atomic mass is 16.5. The second kappa shape index (κ2) is 6.50. The Morgan fingerprint density at radius 2 is 2.05 bits per heavy atom. The second-order valence-electron chi connectivity index (χ2n) is 5.14. The number of carbonyl (C=O) groups is 1. The molecule has 2 rings (SSSR count). The minimum Gasteiger partial charge on any atom is -0.494 e. The van der Waals surface area contributed by atoms with Crippen LogP contribution in [0.25, 0.3) is 0 Å². The number of benzene rings is 1. The van der Waals surface area contributed by atoms with Gasteiger partial charge in [0.25, 0.3) is 0 Å². The molecule has 0 spiro atoms. The van der Waals surface area contributed by atoms with Crippen molar-refractivity contribution in [3.63, 3.8) is 0 Å². The number of nitrogen functional groups attached to an aromatic ring is 1. The third-order valence-corrected chi connectivity index (χ3v) is 3.50. The quantitative estimate of drug-likeness (QED) is 0.833. The molecule has 0 aromatic heterocycles. The Balaban J connectivity index is 2.04. The van der Waals surface area contributed by atoms with Gasteiger partial charge in [-0.2, -0.15) is 0 Å². The van der Waals surface area contributed by atoms with Crippen LogP contribution >= 0.6 is 0 Å². The molecule has 1 aromatic rings. The zero-order valence-corrected chi connectivity index (χ0v) is 12.3. The number of carbonyl (C=O) groups excluding carboxylic acids is 1. The van der Waals surface area contributed by atoms with Gasteiger partial charge in [-0.05, 0) is 25.8 Å². The predicted molar refractivity (Wildman–Crippen MR) is 81.1 cm³/mol.